The number of hydrogen-bond donors (Lipinski definition) is 1. The van der Waals surface area contributed by atoms with E-state index in [9.17, 15) is 9.50 Å². The molecule has 0 saturated carbocycles. The van der Waals surface area contributed by atoms with Crippen LogP contribution in [0, 0.1) is 12.7 Å². The van der Waals surface area contributed by atoms with Gasteiger partial charge in [-0.05, 0) is 59.7 Å². The molecule has 2 heteroatoms. The van der Waals surface area contributed by atoms with E-state index in [4.69, 9.17) is 0 Å². The Kier molecular flexibility index (Phi) is 4.56. The molecule has 0 aliphatic rings. The molecule has 2 aromatic rings. The predicted octanol–water partition coefficient (Wildman–Crippen LogP) is 4.34. The van der Waals surface area contributed by atoms with Gasteiger partial charge in [-0.15, -0.1) is 0 Å². The summed E-state index contributed by atoms with van der Waals surface area (Å²) in [7, 11) is 0. The summed E-state index contributed by atoms with van der Waals surface area (Å²) < 4.78 is 13.4. The van der Waals surface area contributed by atoms with Crippen molar-refractivity contribution in [1.82, 2.24) is 0 Å². The van der Waals surface area contributed by atoms with Gasteiger partial charge in [0.25, 0.3) is 0 Å². The van der Waals surface area contributed by atoms with E-state index in [1.807, 2.05) is 13.0 Å². The van der Waals surface area contributed by atoms with Crippen molar-refractivity contribution >= 4 is 0 Å². The third-order valence-corrected chi connectivity index (χ3v) is 3.83. The second-order valence-electron chi connectivity index (χ2n) is 5.14. The Morgan fingerprint density at radius 3 is 2.40 bits per heavy atom. The van der Waals surface area contributed by atoms with Crippen LogP contribution in [-0.2, 0) is 12.8 Å². The highest BCUT2D eigenvalue weighted by molar-refractivity contribution is 5.41. The smallest absolute Gasteiger partial charge is 0.123 e. The van der Waals surface area contributed by atoms with E-state index in [-0.39, 0.29) is 5.82 Å². The Balaban J connectivity index is 2.51. The van der Waals surface area contributed by atoms with E-state index in [0.717, 1.165) is 29.5 Å². The van der Waals surface area contributed by atoms with E-state index in [1.165, 1.54) is 17.7 Å². The fourth-order valence-corrected chi connectivity index (χ4v) is 2.51. The monoisotopic (exact) mass is 272 g/mol. The van der Waals surface area contributed by atoms with Gasteiger partial charge in [0.1, 0.15) is 11.9 Å². The lowest BCUT2D eigenvalue weighted by Crippen LogP contribution is -2.06. The third kappa shape index (κ3) is 2.91. The van der Waals surface area contributed by atoms with Crippen LogP contribution in [0.4, 0.5) is 4.39 Å². The maximum atomic E-state index is 13.4. The van der Waals surface area contributed by atoms with Crippen molar-refractivity contribution in [2.45, 2.75) is 39.7 Å². The summed E-state index contributed by atoms with van der Waals surface area (Å²) in [4.78, 5) is 0. The van der Waals surface area contributed by atoms with E-state index in [0.29, 0.717) is 5.56 Å². The lowest BCUT2D eigenvalue weighted by atomic mass is 9.91. The number of halogens is 1. The summed E-state index contributed by atoms with van der Waals surface area (Å²) in [6.45, 7) is 6.05. The molecular formula is C18H21FO. The van der Waals surface area contributed by atoms with Crippen molar-refractivity contribution in [3.63, 3.8) is 0 Å². The Morgan fingerprint density at radius 2 is 1.75 bits per heavy atom. The maximum Gasteiger partial charge on any atom is 0.123 e. The number of rotatable bonds is 4. The van der Waals surface area contributed by atoms with Crippen molar-refractivity contribution in [1.29, 1.82) is 0 Å². The van der Waals surface area contributed by atoms with Gasteiger partial charge in [-0.3, -0.25) is 0 Å². The molecule has 0 aliphatic carbocycles. The molecule has 2 aromatic carbocycles. The third-order valence-electron chi connectivity index (χ3n) is 3.83. The fourth-order valence-electron chi connectivity index (χ4n) is 2.51. The summed E-state index contributed by atoms with van der Waals surface area (Å²) in [6, 6.07) is 10.8. The minimum atomic E-state index is -0.771. The van der Waals surface area contributed by atoms with Crippen molar-refractivity contribution in [3.8, 4) is 0 Å². The first-order chi connectivity index (χ1) is 9.56. The molecule has 2 rings (SSSR count). The van der Waals surface area contributed by atoms with Crippen LogP contribution in [-0.4, -0.2) is 5.11 Å². The van der Waals surface area contributed by atoms with Crippen LogP contribution < -0.4 is 0 Å². The molecular weight excluding hydrogens is 251 g/mol. The van der Waals surface area contributed by atoms with Gasteiger partial charge in [-0.1, -0.05) is 38.1 Å². The number of aryl methyl sites for hydroxylation is 3. The Labute approximate surface area is 120 Å². The standard InChI is InChI=1S/C18H21FO/c1-4-13-7-8-14(5-2)17(10-13)18(20)16-11-15(19)9-6-12(16)3/h6-11,18,20H,4-5H2,1-3H3. The first-order valence-electron chi connectivity index (χ1n) is 7.12. The molecule has 0 saturated heterocycles. The number of hydrogen-bond acceptors (Lipinski definition) is 1. The van der Waals surface area contributed by atoms with Crippen LogP contribution in [0.1, 0.15) is 47.8 Å². The van der Waals surface area contributed by atoms with Crippen LogP contribution in [0.5, 0.6) is 0 Å². The van der Waals surface area contributed by atoms with Crippen LogP contribution in [0.3, 0.4) is 0 Å². The quantitative estimate of drug-likeness (QED) is 0.877. The van der Waals surface area contributed by atoms with Crippen molar-refractivity contribution in [3.05, 3.63) is 70.0 Å². The largest absolute Gasteiger partial charge is 0.384 e. The van der Waals surface area contributed by atoms with Gasteiger partial charge >= 0.3 is 0 Å². The summed E-state index contributed by atoms with van der Waals surface area (Å²) in [5.41, 5.74) is 4.74. The average Bonchev–Trinajstić information content (AvgIpc) is 2.48. The SMILES string of the molecule is CCc1ccc(CC)c(C(O)c2cc(F)ccc2C)c1. The average molecular weight is 272 g/mol. The molecule has 0 fully saturated rings. The Bertz CT molecular complexity index is 604. The first-order valence-corrected chi connectivity index (χ1v) is 7.12. The molecule has 1 atom stereocenters. The normalized spacial score (nSPS) is 12.4. The van der Waals surface area contributed by atoms with Crippen molar-refractivity contribution in [2.75, 3.05) is 0 Å². The lowest BCUT2D eigenvalue weighted by molar-refractivity contribution is 0.218. The van der Waals surface area contributed by atoms with E-state index in [1.54, 1.807) is 6.07 Å². The number of aliphatic hydroxyl groups excluding tert-OH is 1. The highest BCUT2D eigenvalue weighted by Crippen LogP contribution is 2.29. The van der Waals surface area contributed by atoms with E-state index >= 15 is 0 Å². The van der Waals surface area contributed by atoms with E-state index < -0.39 is 6.10 Å². The molecule has 106 valence electrons. The molecule has 20 heavy (non-hydrogen) atoms. The van der Waals surface area contributed by atoms with Crippen LogP contribution >= 0.6 is 0 Å². The van der Waals surface area contributed by atoms with Gasteiger partial charge in [-0.2, -0.15) is 0 Å². The summed E-state index contributed by atoms with van der Waals surface area (Å²) in [5, 5.41) is 10.7. The highest BCUT2D eigenvalue weighted by atomic mass is 19.1. The summed E-state index contributed by atoms with van der Waals surface area (Å²) in [5.74, 6) is -0.311. The van der Waals surface area contributed by atoms with Crippen LogP contribution in [0.25, 0.3) is 0 Å². The Morgan fingerprint density at radius 1 is 1.00 bits per heavy atom. The highest BCUT2D eigenvalue weighted by Gasteiger charge is 2.17. The van der Waals surface area contributed by atoms with E-state index in [2.05, 4.69) is 26.0 Å². The Hall–Kier alpha value is -1.67. The zero-order valence-corrected chi connectivity index (χ0v) is 12.3. The molecule has 0 aliphatic heterocycles. The minimum Gasteiger partial charge on any atom is -0.384 e. The number of aliphatic hydroxyl groups is 1. The van der Waals surface area contributed by atoms with Gasteiger partial charge in [0.15, 0.2) is 0 Å². The van der Waals surface area contributed by atoms with Crippen LogP contribution in [0.2, 0.25) is 0 Å². The van der Waals surface area contributed by atoms with Crippen molar-refractivity contribution < 1.29 is 9.50 Å². The second-order valence-corrected chi connectivity index (χ2v) is 5.14. The molecule has 1 N–H and O–H groups in total. The molecule has 0 aromatic heterocycles. The van der Waals surface area contributed by atoms with Gasteiger partial charge in [-0.25, -0.2) is 4.39 Å². The lowest BCUT2D eigenvalue weighted by Gasteiger charge is -2.18. The fraction of sp³-hybridized carbons (Fsp3) is 0.333. The van der Waals surface area contributed by atoms with Crippen LogP contribution in [0.15, 0.2) is 36.4 Å². The molecule has 0 radical (unpaired) electrons. The molecule has 0 spiro atoms. The summed E-state index contributed by atoms with van der Waals surface area (Å²) in [6.07, 6.45) is 1.00. The minimum absolute atomic E-state index is 0.311. The molecule has 0 amide bonds. The topological polar surface area (TPSA) is 20.2 Å². The van der Waals surface area contributed by atoms with Crippen molar-refractivity contribution in [2.24, 2.45) is 0 Å². The number of benzene rings is 2. The molecule has 1 unspecified atom stereocenters. The first kappa shape index (κ1) is 14.7. The van der Waals surface area contributed by atoms with Gasteiger partial charge in [0.2, 0.25) is 0 Å². The molecule has 0 heterocycles. The molecule has 0 bridgehead atoms. The molecule has 1 nitrogen and oxygen atoms in total. The summed E-state index contributed by atoms with van der Waals surface area (Å²) >= 11 is 0. The zero-order valence-electron chi connectivity index (χ0n) is 12.3. The van der Waals surface area contributed by atoms with Gasteiger partial charge in [0, 0.05) is 0 Å². The zero-order chi connectivity index (χ0) is 14.7. The predicted molar refractivity (Wildman–Crippen MR) is 80.4 cm³/mol. The maximum absolute atomic E-state index is 13.4. The van der Waals surface area contributed by atoms with Gasteiger partial charge in [0.05, 0.1) is 0 Å². The van der Waals surface area contributed by atoms with Gasteiger partial charge < -0.3 is 5.11 Å². The second kappa shape index (κ2) is 6.19.